The fourth-order valence-electron chi connectivity index (χ4n) is 4.45. The van der Waals surface area contributed by atoms with E-state index in [9.17, 15) is 14.3 Å². The summed E-state index contributed by atoms with van der Waals surface area (Å²) < 4.78 is 29.9. The monoisotopic (exact) mass is 597 g/mol. The van der Waals surface area contributed by atoms with Gasteiger partial charge in [-0.2, -0.15) is 4.98 Å². The topological polar surface area (TPSA) is 155 Å². The molecule has 0 spiro atoms. The molecule has 234 valence electrons. The molecule has 1 atom stereocenters. The number of unbranched alkanes of at least 4 members (excludes halogenated alkanes) is 12. The number of rotatable bonds is 26. The van der Waals surface area contributed by atoms with Gasteiger partial charge in [0.25, 0.3) is 5.56 Å². The van der Waals surface area contributed by atoms with Crippen LogP contribution in [0.25, 0.3) is 11.2 Å². The lowest BCUT2D eigenvalue weighted by Crippen LogP contribution is -2.13. The van der Waals surface area contributed by atoms with Crippen molar-refractivity contribution in [2.45, 2.75) is 110 Å². The van der Waals surface area contributed by atoms with Gasteiger partial charge in [-0.3, -0.25) is 18.9 Å². The minimum Gasteiger partial charge on any atom is -0.379 e. The predicted molar refractivity (Wildman–Crippen MR) is 164 cm³/mol. The van der Waals surface area contributed by atoms with E-state index in [2.05, 4.69) is 34.0 Å². The Morgan fingerprint density at radius 3 is 2.24 bits per heavy atom. The lowest BCUT2D eigenvalue weighted by Gasteiger charge is -2.12. The minimum absolute atomic E-state index is 0.00494. The summed E-state index contributed by atoms with van der Waals surface area (Å²) in [6, 6.07) is 0. The molecule has 0 aliphatic rings. The van der Waals surface area contributed by atoms with Gasteiger partial charge in [0, 0.05) is 13.2 Å². The summed E-state index contributed by atoms with van der Waals surface area (Å²) in [5, 5.41) is 0. The SMILES string of the molecule is CCCCCCCC/C=C\CCCCCCCCOCCOP(=O)(O)CCCOCn1cnc2c(=O)[nH]c(N)nc21. The zero-order valence-electron chi connectivity index (χ0n) is 24.9. The number of nitrogens with one attached hydrogen (secondary N) is 1. The van der Waals surface area contributed by atoms with Crippen molar-refractivity contribution in [3.63, 3.8) is 0 Å². The van der Waals surface area contributed by atoms with Crippen LogP contribution in [0.2, 0.25) is 0 Å². The number of nitrogens with two attached hydrogens (primary N) is 1. The third-order valence-corrected chi connectivity index (χ3v) is 8.24. The highest BCUT2D eigenvalue weighted by Crippen LogP contribution is 2.42. The van der Waals surface area contributed by atoms with Crippen LogP contribution in [0, 0.1) is 0 Å². The second kappa shape index (κ2) is 21.6. The molecular weight excluding hydrogens is 545 g/mol. The summed E-state index contributed by atoms with van der Waals surface area (Å²) in [7, 11) is -3.70. The van der Waals surface area contributed by atoms with Gasteiger partial charge in [-0.05, 0) is 38.5 Å². The largest absolute Gasteiger partial charge is 0.379 e. The zero-order chi connectivity index (χ0) is 29.6. The first-order chi connectivity index (χ1) is 19.9. The Balaban J connectivity index is 1.36. The second-order valence-electron chi connectivity index (χ2n) is 10.5. The van der Waals surface area contributed by atoms with Crippen LogP contribution >= 0.6 is 7.60 Å². The fourth-order valence-corrected chi connectivity index (χ4v) is 5.47. The molecule has 0 fully saturated rings. The van der Waals surface area contributed by atoms with E-state index in [0.717, 1.165) is 12.8 Å². The molecule has 2 heterocycles. The number of ether oxygens (including phenoxy) is 2. The van der Waals surface area contributed by atoms with Crippen LogP contribution in [0.4, 0.5) is 5.95 Å². The number of nitrogen functional groups attached to an aromatic ring is 1. The standard InChI is InChI=1S/C29H52N5O6P/c1-2-3-4-5-6-7-8-9-10-11-12-13-14-15-16-17-19-38-21-22-40-41(36,37)23-18-20-39-25-34-24-31-26-27(34)32-29(30)33-28(26)35/h9-10,24H,2-8,11-23,25H2,1H3,(H,36,37)(H3,30,32,33,35)/b10-9-. The highest BCUT2D eigenvalue weighted by Gasteiger charge is 2.18. The number of aromatic nitrogens is 4. The molecule has 41 heavy (non-hydrogen) atoms. The molecule has 12 heteroatoms. The summed E-state index contributed by atoms with van der Waals surface area (Å²) in [6.07, 6.45) is 24.2. The summed E-state index contributed by atoms with van der Waals surface area (Å²) in [5.41, 5.74) is 5.64. The van der Waals surface area contributed by atoms with Crippen molar-refractivity contribution in [2.24, 2.45) is 0 Å². The summed E-state index contributed by atoms with van der Waals surface area (Å²) >= 11 is 0. The Labute approximate surface area is 244 Å². The quantitative estimate of drug-likeness (QED) is 0.0641. The van der Waals surface area contributed by atoms with Gasteiger partial charge >= 0.3 is 7.60 Å². The lowest BCUT2D eigenvalue weighted by molar-refractivity contribution is 0.0774. The molecule has 0 amide bonds. The van der Waals surface area contributed by atoms with Crippen LogP contribution in [0.1, 0.15) is 103 Å². The van der Waals surface area contributed by atoms with E-state index in [-0.39, 0.29) is 37.6 Å². The first kappa shape index (κ1) is 35.2. The van der Waals surface area contributed by atoms with E-state index in [1.165, 1.54) is 83.4 Å². The Morgan fingerprint density at radius 2 is 1.54 bits per heavy atom. The molecule has 2 aromatic heterocycles. The molecule has 0 aliphatic heterocycles. The molecule has 0 aliphatic carbocycles. The molecule has 0 saturated carbocycles. The third kappa shape index (κ3) is 16.3. The summed E-state index contributed by atoms with van der Waals surface area (Å²) in [5.74, 6) is -0.00494. The smallest absolute Gasteiger partial charge is 0.328 e. The molecule has 0 aromatic carbocycles. The van der Waals surface area contributed by atoms with Crippen molar-refractivity contribution >= 4 is 24.7 Å². The normalized spacial score (nSPS) is 13.4. The molecular formula is C29H52N5O6P. The average molecular weight is 598 g/mol. The van der Waals surface area contributed by atoms with Gasteiger partial charge in [0.2, 0.25) is 5.95 Å². The van der Waals surface area contributed by atoms with Crippen LogP contribution in [0.15, 0.2) is 23.3 Å². The van der Waals surface area contributed by atoms with Crippen molar-refractivity contribution < 1.29 is 23.5 Å². The van der Waals surface area contributed by atoms with Crippen molar-refractivity contribution in [1.82, 2.24) is 19.5 Å². The van der Waals surface area contributed by atoms with E-state index >= 15 is 0 Å². The van der Waals surface area contributed by atoms with E-state index in [0.29, 0.717) is 25.3 Å². The molecule has 1 unspecified atom stereocenters. The maximum atomic E-state index is 12.2. The summed E-state index contributed by atoms with van der Waals surface area (Å²) in [6.45, 7) is 3.61. The van der Waals surface area contributed by atoms with Crippen LogP contribution in [-0.2, 0) is 25.3 Å². The number of hydrogen-bond donors (Lipinski definition) is 3. The molecule has 0 bridgehead atoms. The molecule has 2 aromatic rings. The van der Waals surface area contributed by atoms with Crippen molar-refractivity contribution in [2.75, 3.05) is 38.3 Å². The first-order valence-corrected chi connectivity index (χ1v) is 17.2. The lowest BCUT2D eigenvalue weighted by atomic mass is 10.1. The number of hydrogen-bond acceptors (Lipinski definition) is 8. The van der Waals surface area contributed by atoms with E-state index in [4.69, 9.17) is 19.7 Å². The summed E-state index contributed by atoms with van der Waals surface area (Å²) in [4.78, 5) is 32.2. The van der Waals surface area contributed by atoms with Crippen LogP contribution < -0.4 is 11.3 Å². The molecule has 0 saturated heterocycles. The van der Waals surface area contributed by atoms with Gasteiger partial charge in [-0.1, -0.05) is 76.9 Å². The van der Waals surface area contributed by atoms with Crippen LogP contribution in [0.5, 0.6) is 0 Å². The van der Waals surface area contributed by atoms with Gasteiger partial charge < -0.3 is 24.6 Å². The third-order valence-electron chi connectivity index (χ3n) is 6.77. The van der Waals surface area contributed by atoms with Gasteiger partial charge in [0.15, 0.2) is 11.2 Å². The van der Waals surface area contributed by atoms with E-state index in [1.807, 2.05) is 0 Å². The second-order valence-corrected chi connectivity index (χ2v) is 12.5. The van der Waals surface area contributed by atoms with Crippen molar-refractivity contribution in [1.29, 1.82) is 0 Å². The minimum atomic E-state index is -3.70. The number of fused-ring (bicyclic) bond motifs is 1. The maximum Gasteiger partial charge on any atom is 0.328 e. The highest BCUT2D eigenvalue weighted by atomic mass is 31.2. The maximum absolute atomic E-state index is 12.2. The van der Waals surface area contributed by atoms with Gasteiger partial charge in [0.1, 0.15) is 6.73 Å². The molecule has 11 nitrogen and oxygen atoms in total. The molecule has 4 N–H and O–H groups in total. The number of anilines is 1. The van der Waals surface area contributed by atoms with Gasteiger partial charge in [-0.15, -0.1) is 0 Å². The highest BCUT2D eigenvalue weighted by molar-refractivity contribution is 7.52. The number of nitrogens with zero attached hydrogens (tertiary/aromatic N) is 3. The molecule has 0 radical (unpaired) electrons. The number of H-pyrrole nitrogens is 1. The van der Waals surface area contributed by atoms with E-state index in [1.54, 1.807) is 4.57 Å². The predicted octanol–water partition coefficient (Wildman–Crippen LogP) is 6.32. The Kier molecular flexibility index (Phi) is 18.5. The van der Waals surface area contributed by atoms with Gasteiger partial charge in [0.05, 0.1) is 25.7 Å². The van der Waals surface area contributed by atoms with Crippen LogP contribution in [0.3, 0.4) is 0 Å². The number of imidazole rings is 1. The Hall–Kier alpha value is -2.04. The van der Waals surface area contributed by atoms with E-state index < -0.39 is 13.2 Å². The van der Waals surface area contributed by atoms with Crippen molar-refractivity contribution in [3.05, 3.63) is 28.8 Å². The molecule has 2 rings (SSSR count). The zero-order valence-corrected chi connectivity index (χ0v) is 25.8. The Bertz CT molecular complexity index is 1090. The van der Waals surface area contributed by atoms with Gasteiger partial charge in [-0.25, -0.2) is 4.98 Å². The number of allylic oxidation sites excluding steroid dienone is 2. The van der Waals surface area contributed by atoms with Crippen LogP contribution in [-0.4, -0.2) is 57.0 Å². The Morgan fingerprint density at radius 1 is 0.902 bits per heavy atom. The van der Waals surface area contributed by atoms with Crippen molar-refractivity contribution in [3.8, 4) is 0 Å². The first-order valence-electron chi connectivity index (χ1n) is 15.4. The average Bonchev–Trinajstić information content (AvgIpc) is 3.34. The fraction of sp³-hybridized carbons (Fsp3) is 0.759. The number of aromatic amines is 1.